The molecule has 3 aliphatic heterocycles. The van der Waals surface area contributed by atoms with E-state index in [1.165, 1.54) is 23.5 Å². The minimum atomic E-state index is -0.237. The largest absolute Gasteiger partial charge is 0.494 e. The van der Waals surface area contributed by atoms with Crippen molar-refractivity contribution in [2.45, 2.75) is 38.6 Å². The molecule has 0 unspecified atom stereocenters. The molecule has 1 aromatic heterocycles. The summed E-state index contributed by atoms with van der Waals surface area (Å²) in [5.74, 6) is 1.52. The van der Waals surface area contributed by atoms with Crippen LogP contribution < -0.4 is 9.47 Å². The fourth-order valence-corrected chi connectivity index (χ4v) is 7.53. The lowest BCUT2D eigenvalue weighted by atomic mass is 10.1. The first-order valence-electron chi connectivity index (χ1n) is 16.4. The standard InChI is InChI=1S/C36H40FN5O3S/c1-25-21-30-32(38-24-28-5-2-14-42(28)36(30)43)23-33(25)45-20-4-13-41-17-15-40(16-18-41)12-3-19-44-29-9-6-26(7-10-29)35-39-31-11-8-27(37)22-34(31)46-35/h6-11,21-24,28H,2-5,12-20H2,1H3/t28-/m0/s1. The zero-order chi connectivity index (χ0) is 31.5. The lowest BCUT2D eigenvalue weighted by molar-refractivity contribution is 0.0774. The molecular weight excluding hydrogens is 601 g/mol. The van der Waals surface area contributed by atoms with Gasteiger partial charge in [-0.3, -0.25) is 9.79 Å². The molecule has 4 aromatic rings. The van der Waals surface area contributed by atoms with Crippen LogP contribution in [0.25, 0.3) is 20.8 Å². The molecule has 0 aliphatic carbocycles. The Morgan fingerprint density at radius 3 is 2.41 bits per heavy atom. The summed E-state index contributed by atoms with van der Waals surface area (Å²) >= 11 is 1.50. The molecule has 2 saturated heterocycles. The number of carbonyl (C=O) groups excluding carboxylic acids is 1. The van der Waals surface area contributed by atoms with Gasteiger partial charge in [-0.05, 0) is 86.7 Å². The van der Waals surface area contributed by atoms with E-state index in [9.17, 15) is 9.18 Å². The lowest BCUT2D eigenvalue weighted by Gasteiger charge is -2.34. The van der Waals surface area contributed by atoms with E-state index in [2.05, 4.69) is 19.8 Å². The van der Waals surface area contributed by atoms with E-state index in [0.717, 1.165) is 115 Å². The zero-order valence-corrected chi connectivity index (χ0v) is 27.1. The Kier molecular flexibility index (Phi) is 9.28. The molecule has 2 fully saturated rings. The second-order valence-electron chi connectivity index (χ2n) is 12.4. The molecule has 10 heteroatoms. The number of ether oxygens (including phenoxy) is 2. The van der Waals surface area contributed by atoms with Crippen molar-refractivity contribution in [1.82, 2.24) is 19.7 Å². The highest BCUT2D eigenvalue weighted by Crippen LogP contribution is 2.34. The summed E-state index contributed by atoms with van der Waals surface area (Å²) < 4.78 is 26.6. The van der Waals surface area contributed by atoms with Gasteiger partial charge in [-0.15, -0.1) is 11.3 Å². The predicted molar refractivity (Wildman–Crippen MR) is 182 cm³/mol. The van der Waals surface area contributed by atoms with Crippen LogP contribution in [-0.2, 0) is 0 Å². The van der Waals surface area contributed by atoms with Crippen LogP contribution in [0, 0.1) is 12.7 Å². The Labute approximate surface area is 273 Å². The molecular formula is C36H40FN5O3S. The molecule has 240 valence electrons. The number of rotatable bonds is 11. The smallest absolute Gasteiger partial charge is 0.256 e. The van der Waals surface area contributed by atoms with Crippen molar-refractivity contribution in [2.75, 3.05) is 59.0 Å². The highest BCUT2D eigenvalue weighted by atomic mass is 32.1. The summed E-state index contributed by atoms with van der Waals surface area (Å²) in [6.07, 6.45) is 5.90. The molecule has 3 aromatic carbocycles. The molecule has 4 heterocycles. The first-order chi connectivity index (χ1) is 22.5. The van der Waals surface area contributed by atoms with Gasteiger partial charge in [0.05, 0.1) is 40.7 Å². The van der Waals surface area contributed by atoms with Crippen LogP contribution in [0.4, 0.5) is 10.1 Å². The van der Waals surface area contributed by atoms with Crippen LogP contribution >= 0.6 is 11.3 Å². The third-order valence-electron chi connectivity index (χ3n) is 9.15. The molecule has 46 heavy (non-hydrogen) atoms. The van der Waals surface area contributed by atoms with Crippen molar-refractivity contribution < 1.29 is 18.7 Å². The average molecular weight is 642 g/mol. The lowest BCUT2D eigenvalue weighted by Crippen LogP contribution is -2.47. The van der Waals surface area contributed by atoms with E-state index < -0.39 is 0 Å². The van der Waals surface area contributed by atoms with Crippen LogP contribution in [-0.4, -0.2) is 96.9 Å². The molecule has 1 amide bonds. The quantitative estimate of drug-likeness (QED) is 0.172. The number of aliphatic imine (C=N–C) groups is 1. The van der Waals surface area contributed by atoms with Gasteiger partial charge in [0.25, 0.3) is 5.91 Å². The van der Waals surface area contributed by atoms with Crippen LogP contribution in [0.2, 0.25) is 0 Å². The predicted octanol–water partition coefficient (Wildman–Crippen LogP) is 6.59. The Hall–Kier alpha value is -3.86. The number of piperazine rings is 1. The minimum Gasteiger partial charge on any atom is -0.494 e. The van der Waals surface area contributed by atoms with Crippen molar-refractivity contribution in [3.63, 3.8) is 0 Å². The summed E-state index contributed by atoms with van der Waals surface area (Å²) in [7, 11) is 0. The van der Waals surface area contributed by atoms with Crippen LogP contribution in [0.3, 0.4) is 0 Å². The van der Waals surface area contributed by atoms with E-state index in [4.69, 9.17) is 9.47 Å². The van der Waals surface area contributed by atoms with Gasteiger partial charge in [0.15, 0.2) is 0 Å². The zero-order valence-electron chi connectivity index (χ0n) is 26.3. The number of benzene rings is 3. The SMILES string of the molecule is Cc1cc2c(cc1OCCCN1CCN(CCCOc3ccc(-c4nc5ccc(F)cc5s4)cc3)CC1)N=C[C@@H]1CCCN1C2=O. The molecule has 0 bridgehead atoms. The van der Waals surface area contributed by atoms with Crippen molar-refractivity contribution in [2.24, 2.45) is 4.99 Å². The molecule has 1 atom stereocenters. The Morgan fingerprint density at radius 1 is 0.913 bits per heavy atom. The number of halogens is 1. The monoisotopic (exact) mass is 641 g/mol. The van der Waals surface area contributed by atoms with Gasteiger partial charge in [0, 0.05) is 63.7 Å². The molecule has 3 aliphatic rings. The first-order valence-corrected chi connectivity index (χ1v) is 17.2. The minimum absolute atomic E-state index is 0.0872. The third kappa shape index (κ3) is 6.94. The maximum absolute atomic E-state index is 13.5. The van der Waals surface area contributed by atoms with Gasteiger partial charge in [0.2, 0.25) is 0 Å². The molecule has 7 rings (SSSR count). The van der Waals surface area contributed by atoms with E-state index in [-0.39, 0.29) is 17.8 Å². The summed E-state index contributed by atoms with van der Waals surface area (Å²) in [6.45, 7) is 10.4. The number of amides is 1. The van der Waals surface area contributed by atoms with Crippen molar-refractivity contribution in [1.29, 1.82) is 0 Å². The number of hydrogen-bond acceptors (Lipinski definition) is 8. The number of carbonyl (C=O) groups is 1. The molecule has 8 nitrogen and oxygen atoms in total. The maximum Gasteiger partial charge on any atom is 0.256 e. The van der Waals surface area contributed by atoms with Gasteiger partial charge >= 0.3 is 0 Å². The Balaban J connectivity index is 0.790. The van der Waals surface area contributed by atoms with Gasteiger partial charge in [0.1, 0.15) is 22.3 Å². The number of hydrogen-bond donors (Lipinski definition) is 0. The Bertz CT molecular complexity index is 1720. The fraction of sp³-hybridized carbons (Fsp3) is 0.417. The first kappa shape index (κ1) is 30.8. The summed E-state index contributed by atoms with van der Waals surface area (Å²) in [5.41, 5.74) is 4.22. The van der Waals surface area contributed by atoms with Gasteiger partial charge in [-0.2, -0.15) is 0 Å². The van der Waals surface area contributed by atoms with E-state index in [1.54, 1.807) is 6.07 Å². The van der Waals surface area contributed by atoms with Gasteiger partial charge in [-0.25, -0.2) is 9.37 Å². The van der Waals surface area contributed by atoms with Crippen molar-refractivity contribution in [3.05, 3.63) is 71.5 Å². The van der Waals surface area contributed by atoms with E-state index >= 15 is 0 Å². The van der Waals surface area contributed by atoms with E-state index in [0.29, 0.717) is 18.8 Å². The molecule has 0 radical (unpaired) electrons. The fourth-order valence-electron chi connectivity index (χ4n) is 6.53. The summed E-state index contributed by atoms with van der Waals surface area (Å²) in [5, 5.41) is 0.882. The van der Waals surface area contributed by atoms with Gasteiger partial charge < -0.3 is 24.2 Å². The summed E-state index contributed by atoms with van der Waals surface area (Å²) in [4.78, 5) is 29.3. The highest BCUT2D eigenvalue weighted by molar-refractivity contribution is 7.21. The Morgan fingerprint density at radius 2 is 1.65 bits per heavy atom. The average Bonchev–Trinajstić information content (AvgIpc) is 3.70. The maximum atomic E-state index is 13.5. The topological polar surface area (TPSA) is 70.5 Å². The molecule has 0 saturated carbocycles. The number of fused-ring (bicyclic) bond motifs is 3. The summed E-state index contributed by atoms with van der Waals surface area (Å²) in [6, 6.07) is 16.7. The van der Waals surface area contributed by atoms with Crippen molar-refractivity contribution >= 4 is 39.4 Å². The second-order valence-corrected chi connectivity index (χ2v) is 13.4. The second kappa shape index (κ2) is 13.9. The van der Waals surface area contributed by atoms with Crippen molar-refractivity contribution in [3.8, 4) is 22.1 Å². The number of thiazole rings is 1. The van der Waals surface area contributed by atoms with E-state index in [1.807, 2.05) is 54.4 Å². The molecule has 0 N–H and O–H groups in total. The normalized spacial score (nSPS) is 18.5. The molecule has 0 spiro atoms. The number of aryl methyl sites for hydroxylation is 1. The van der Waals surface area contributed by atoms with Crippen LogP contribution in [0.5, 0.6) is 11.5 Å². The number of aromatic nitrogens is 1. The third-order valence-corrected chi connectivity index (χ3v) is 10.2. The van der Waals surface area contributed by atoms with Crippen LogP contribution in [0.1, 0.15) is 41.6 Å². The van der Waals surface area contributed by atoms with Crippen LogP contribution in [0.15, 0.2) is 59.6 Å². The number of nitrogens with zero attached hydrogens (tertiary/aromatic N) is 5. The van der Waals surface area contributed by atoms with Gasteiger partial charge in [-0.1, -0.05) is 0 Å². The highest BCUT2D eigenvalue weighted by Gasteiger charge is 2.32.